The predicted molar refractivity (Wildman–Crippen MR) is 84.1 cm³/mol. The first-order valence-electron chi connectivity index (χ1n) is 6.90. The average Bonchev–Trinajstić information content (AvgIpc) is 2.68. The molecule has 0 fully saturated rings. The molecule has 0 unspecified atom stereocenters. The van der Waals surface area contributed by atoms with Crippen molar-refractivity contribution in [1.29, 1.82) is 0 Å². The summed E-state index contributed by atoms with van der Waals surface area (Å²) in [6, 6.07) is 5.63. The van der Waals surface area contributed by atoms with Crippen LogP contribution >= 0.6 is 0 Å². The van der Waals surface area contributed by atoms with Crippen molar-refractivity contribution in [2.75, 3.05) is 4.72 Å². The van der Waals surface area contributed by atoms with Crippen LogP contribution in [0.15, 0.2) is 23.1 Å². The van der Waals surface area contributed by atoms with E-state index in [1.54, 1.807) is 24.6 Å². The Balaban J connectivity index is 2.46. The van der Waals surface area contributed by atoms with Crippen LogP contribution in [-0.2, 0) is 16.6 Å². The topological polar surface area (TPSA) is 64.0 Å². The molecular weight excluding hydrogens is 286 g/mol. The number of aryl methyl sites for hydroxylation is 4. The summed E-state index contributed by atoms with van der Waals surface area (Å²) in [6.45, 7) is 9.94. The second-order valence-electron chi connectivity index (χ2n) is 5.24. The highest BCUT2D eigenvalue weighted by Gasteiger charge is 2.24. The van der Waals surface area contributed by atoms with Crippen molar-refractivity contribution in [1.82, 2.24) is 9.78 Å². The molecule has 1 heterocycles. The fraction of sp³-hybridized carbons (Fsp3) is 0.400. The van der Waals surface area contributed by atoms with Gasteiger partial charge in [0.25, 0.3) is 10.0 Å². The van der Waals surface area contributed by atoms with Gasteiger partial charge < -0.3 is 0 Å². The minimum atomic E-state index is -3.63. The zero-order valence-electron chi connectivity index (χ0n) is 13.1. The van der Waals surface area contributed by atoms with E-state index >= 15 is 0 Å². The Morgan fingerprint density at radius 3 is 2.38 bits per heavy atom. The minimum Gasteiger partial charge on any atom is -0.279 e. The molecule has 0 aliphatic rings. The maximum absolute atomic E-state index is 12.6. The molecule has 6 heteroatoms. The van der Waals surface area contributed by atoms with Crippen LogP contribution in [0, 0.1) is 27.7 Å². The lowest BCUT2D eigenvalue weighted by molar-refractivity contribution is 0.598. The van der Waals surface area contributed by atoms with Gasteiger partial charge in [-0.2, -0.15) is 5.10 Å². The van der Waals surface area contributed by atoms with E-state index in [4.69, 9.17) is 0 Å². The van der Waals surface area contributed by atoms with Crippen molar-refractivity contribution in [3.8, 4) is 0 Å². The molecule has 114 valence electrons. The largest absolute Gasteiger partial charge is 0.279 e. The number of anilines is 1. The van der Waals surface area contributed by atoms with Gasteiger partial charge >= 0.3 is 0 Å². The van der Waals surface area contributed by atoms with Crippen molar-refractivity contribution in [2.45, 2.75) is 46.1 Å². The van der Waals surface area contributed by atoms with Gasteiger partial charge in [0.15, 0.2) is 0 Å². The summed E-state index contributed by atoms with van der Waals surface area (Å²) >= 11 is 0. The number of rotatable bonds is 4. The molecule has 1 aromatic heterocycles. The van der Waals surface area contributed by atoms with Gasteiger partial charge in [0, 0.05) is 6.54 Å². The number of hydrogen-bond donors (Lipinski definition) is 1. The standard InChI is InChI=1S/C15H21N3O2S/c1-6-18-13(5)15(12(4)16-18)21(19,20)17-14-8-7-10(2)9-11(14)3/h7-9,17H,6H2,1-5H3. The predicted octanol–water partition coefficient (Wildman–Crippen LogP) is 2.94. The fourth-order valence-corrected chi connectivity index (χ4v) is 4.05. The summed E-state index contributed by atoms with van der Waals surface area (Å²) in [5.41, 5.74) is 3.78. The van der Waals surface area contributed by atoms with Crippen molar-refractivity contribution in [3.63, 3.8) is 0 Å². The van der Waals surface area contributed by atoms with Gasteiger partial charge in [-0.15, -0.1) is 0 Å². The molecule has 0 spiro atoms. The van der Waals surface area contributed by atoms with Crippen LogP contribution < -0.4 is 4.72 Å². The normalized spacial score (nSPS) is 11.7. The van der Waals surface area contributed by atoms with Gasteiger partial charge in [-0.1, -0.05) is 17.7 Å². The van der Waals surface area contributed by atoms with E-state index in [1.165, 1.54) is 0 Å². The van der Waals surface area contributed by atoms with E-state index in [9.17, 15) is 8.42 Å². The summed E-state index contributed by atoms with van der Waals surface area (Å²) in [6.07, 6.45) is 0. The molecular formula is C15H21N3O2S. The van der Waals surface area contributed by atoms with Crippen LogP contribution in [0.3, 0.4) is 0 Å². The third kappa shape index (κ3) is 2.95. The fourth-order valence-electron chi connectivity index (χ4n) is 2.50. The SMILES string of the molecule is CCn1nc(C)c(S(=O)(=O)Nc2ccc(C)cc2C)c1C. The average molecular weight is 307 g/mol. The van der Waals surface area contributed by atoms with Crippen LogP contribution in [0.2, 0.25) is 0 Å². The molecule has 0 saturated heterocycles. The van der Waals surface area contributed by atoms with E-state index in [2.05, 4.69) is 9.82 Å². The number of nitrogens with one attached hydrogen (secondary N) is 1. The molecule has 0 bridgehead atoms. The van der Waals surface area contributed by atoms with Gasteiger partial charge in [0.2, 0.25) is 0 Å². The summed E-state index contributed by atoms with van der Waals surface area (Å²) in [5, 5.41) is 4.27. The first kappa shape index (κ1) is 15.6. The monoisotopic (exact) mass is 307 g/mol. The van der Waals surface area contributed by atoms with E-state index < -0.39 is 10.0 Å². The van der Waals surface area contributed by atoms with Gasteiger partial charge in [-0.3, -0.25) is 9.40 Å². The molecule has 0 atom stereocenters. The summed E-state index contributed by atoms with van der Waals surface area (Å²) < 4.78 is 29.7. The zero-order chi connectivity index (χ0) is 15.8. The van der Waals surface area contributed by atoms with Crippen LogP contribution in [0.1, 0.15) is 29.4 Å². The van der Waals surface area contributed by atoms with Crippen molar-refractivity contribution >= 4 is 15.7 Å². The Hall–Kier alpha value is -1.82. The Morgan fingerprint density at radius 1 is 1.19 bits per heavy atom. The highest BCUT2D eigenvalue weighted by Crippen LogP contribution is 2.24. The van der Waals surface area contributed by atoms with Crippen LogP contribution in [-0.4, -0.2) is 18.2 Å². The molecule has 2 aromatic rings. The van der Waals surface area contributed by atoms with E-state index in [0.717, 1.165) is 11.1 Å². The van der Waals surface area contributed by atoms with Crippen molar-refractivity contribution < 1.29 is 8.42 Å². The van der Waals surface area contributed by atoms with Crippen LogP contribution in [0.25, 0.3) is 0 Å². The summed E-state index contributed by atoms with van der Waals surface area (Å²) in [5.74, 6) is 0. The van der Waals surface area contributed by atoms with Gasteiger partial charge in [-0.25, -0.2) is 8.42 Å². The number of benzene rings is 1. The smallest absolute Gasteiger partial charge is 0.265 e. The first-order valence-corrected chi connectivity index (χ1v) is 8.38. The lowest BCUT2D eigenvalue weighted by atomic mass is 10.1. The Labute approximate surface area is 126 Å². The van der Waals surface area contributed by atoms with Gasteiger partial charge in [0.05, 0.1) is 17.1 Å². The maximum atomic E-state index is 12.6. The van der Waals surface area contributed by atoms with Crippen LogP contribution in [0.4, 0.5) is 5.69 Å². The zero-order valence-corrected chi connectivity index (χ0v) is 13.9. The molecule has 21 heavy (non-hydrogen) atoms. The highest BCUT2D eigenvalue weighted by atomic mass is 32.2. The molecule has 0 aliphatic carbocycles. The summed E-state index contributed by atoms with van der Waals surface area (Å²) in [4.78, 5) is 0.268. The number of aromatic nitrogens is 2. The molecule has 0 amide bonds. The minimum absolute atomic E-state index is 0.268. The third-order valence-electron chi connectivity index (χ3n) is 3.51. The molecule has 0 radical (unpaired) electrons. The first-order chi connectivity index (χ1) is 9.76. The van der Waals surface area contributed by atoms with Crippen molar-refractivity contribution in [2.24, 2.45) is 0 Å². The number of sulfonamides is 1. The van der Waals surface area contributed by atoms with E-state index in [1.807, 2.05) is 32.9 Å². The molecule has 0 aliphatic heterocycles. The molecule has 1 N–H and O–H groups in total. The Kier molecular flexibility index (Phi) is 4.09. The lowest BCUT2D eigenvalue weighted by Crippen LogP contribution is -2.15. The molecule has 2 rings (SSSR count). The molecule has 5 nitrogen and oxygen atoms in total. The molecule has 0 saturated carbocycles. The number of hydrogen-bond acceptors (Lipinski definition) is 3. The highest BCUT2D eigenvalue weighted by molar-refractivity contribution is 7.92. The second-order valence-corrected chi connectivity index (χ2v) is 6.86. The van der Waals surface area contributed by atoms with Gasteiger partial charge in [-0.05, 0) is 46.2 Å². The maximum Gasteiger partial charge on any atom is 0.265 e. The van der Waals surface area contributed by atoms with Crippen LogP contribution in [0.5, 0.6) is 0 Å². The third-order valence-corrected chi connectivity index (χ3v) is 5.13. The van der Waals surface area contributed by atoms with E-state index in [-0.39, 0.29) is 4.90 Å². The van der Waals surface area contributed by atoms with Gasteiger partial charge in [0.1, 0.15) is 4.90 Å². The second kappa shape index (κ2) is 5.52. The number of nitrogens with zero attached hydrogens (tertiary/aromatic N) is 2. The summed E-state index contributed by atoms with van der Waals surface area (Å²) in [7, 11) is -3.63. The Morgan fingerprint density at radius 2 is 1.86 bits per heavy atom. The Bertz CT molecular complexity index is 776. The molecule has 1 aromatic carbocycles. The quantitative estimate of drug-likeness (QED) is 0.944. The lowest BCUT2D eigenvalue weighted by Gasteiger charge is -2.11. The van der Waals surface area contributed by atoms with E-state index in [0.29, 0.717) is 23.6 Å². The van der Waals surface area contributed by atoms with Crippen molar-refractivity contribution in [3.05, 3.63) is 40.7 Å².